The van der Waals surface area contributed by atoms with Crippen LogP contribution in [-0.4, -0.2) is 34.2 Å². The summed E-state index contributed by atoms with van der Waals surface area (Å²) in [6.45, 7) is 6.77. The number of amides is 2. The summed E-state index contributed by atoms with van der Waals surface area (Å²) in [5.74, 6) is 1.28. The fourth-order valence-corrected chi connectivity index (χ4v) is 2.32. The van der Waals surface area contributed by atoms with Crippen LogP contribution in [0.2, 0.25) is 0 Å². The molecule has 24 heavy (non-hydrogen) atoms. The number of pyridine rings is 1. The van der Waals surface area contributed by atoms with Crippen LogP contribution < -0.4 is 5.32 Å². The van der Waals surface area contributed by atoms with E-state index in [-0.39, 0.29) is 12.1 Å². The van der Waals surface area contributed by atoms with Crippen molar-refractivity contribution in [1.29, 1.82) is 0 Å². The molecular weight excluding hydrogens is 304 g/mol. The zero-order valence-corrected chi connectivity index (χ0v) is 14.8. The minimum atomic E-state index is -0.106. The summed E-state index contributed by atoms with van der Waals surface area (Å²) < 4.78 is 5.32. The smallest absolute Gasteiger partial charge is 0.317 e. The molecule has 0 aliphatic heterocycles. The highest BCUT2D eigenvalue weighted by Gasteiger charge is 2.15. The van der Waals surface area contributed by atoms with Crippen molar-refractivity contribution in [2.24, 2.45) is 5.92 Å². The summed E-state index contributed by atoms with van der Waals surface area (Å²) in [7, 11) is 1.75. The second-order valence-corrected chi connectivity index (χ2v) is 6.60. The van der Waals surface area contributed by atoms with Crippen LogP contribution in [0, 0.1) is 5.92 Å². The lowest BCUT2D eigenvalue weighted by atomic mass is 10.0. The van der Waals surface area contributed by atoms with Gasteiger partial charge in [0.05, 0.1) is 6.54 Å². The van der Waals surface area contributed by atoms with Gasteiger partial charge in [-0.25, -0.2) is 4.79 Å². The van der Waals surface area contributed by atoms with Crippen molar-refractivity contribution in [3.63, 3.8) is 0 Å². The minimum Gasteiger partial charge on any atom is -0.359 e. The van der Waals surface area contributed by atoms with E-state index in [1.54, 1.807) is 24.3 Å². The van der Waals surface area contributed by atoms with E-state index in [9.17, 15) is 4.79 Å². The number of carbonyl (C=O) groups excluding carboxylic acids is 1. The second-order valence-electron chi connectivity index (χ2n) is 6.60. The molecule has 2 rings (SSSR count). The number of hydrogen-bond donors (Lipinski definition) is 1. The van der Waals surface area contributed by atoms with Gasteiger partial charge in [0, 0.05) is 37.1 Å². The van der Waals surface area contributed by atoms with E-state index >= 15 is 0 Å². The van der Waals surface area contributed by atoms with Gasteiger partial charge in [-0.15, -0.1) is 0 Å². The Hall–Kier alpha value is -2.37. The summed E-state index contributed by atoms with van der Waals surface area (Å²) in [6.07, 6.45) is 5.52. The molecule has 2 amide bonds. The van der Waals surface area contributed by atoms with Gasteiger partial charge in [0.15, 0.2) is 5.76 Å². The molecule has 6 heteroatoms. The first-order valence-corrected chi connectivity index (χ1v) is 8.33. The summed E-state index contributed by atoms with van der Waals surface area (Å²) in [5.41, 5.74) is 1.61. The second kappa shape index (κ2) is 8.47. The van der Waals surface area contributed by atoms with Crippen molar-refractivity contribution in [3.05, 3.63) is 36.4 Å². The van der Waals surface area contributed by atoms with E-state index in [1.165, 1.54) is 0 Å². The lowest BCUT2D eigenvalue weighted by Gasteiger charge is -2.20. The fraction of sp³-hybridized carbons (Fsp3) is 0.500. The molecule has 0 radical (unpaired) electrons. The number of aromatic nitrogens is 2. The first-order chi connectivity index (χ1) is 11.5. The van der Waals surface area contributed by atoms with Crippen molar-refractivity contribution in [3.8, 4) is 11.3 Å². The standard InChI is InChI=1S/C18H26N4O2/c1-13(2)7-8-14(3)20-18(23)22(4)12-16-10-17(21-24-16)15-6-5-9-19-11-15/h5-6,9-11,13-14H,7-8,12H2,1-4H3,(H,20,23). The van der Waals surface area contributed by atoms with E-state index in [2.05, 4.69) is 29.3 Å². The highest BCUT2D eigenvalue weighted by atomic mass is 16.5. The van der Waals surface area contributed by atoms with Gasteiger partial charge >= 0.3 is 6.03 Å². The van der Waals surface area contributed by atoms with Crippen molar-refractivity contribution in [2.75, 3.05) is 7.05 Å². The van der Waals surface area contributed by atoms with Crippen molar-refractivity contribution in [2.45, 2.75) is 46.2 Å². The zero-order chi connectivity index (χ0) is 17.5. The Kier molecular flexibility index (Phi) is 6.35. The molecule has 0 aliphatic carbocycles. The lowest BCUT2D eigenvalue weighted by Crippen LogP contribution is -2.41. The molecule has 0 saturated heterocycles. The quantitative estimate of drug-likeness (QED) is 0.840. The van der Waals surface area contributed by atoms with Gasteiger partial charge in [0.1, 0.15) is 5.69 Å². The maximum Gasteiger partial charge on any atom is 0.317 e. The number of nitrogens with zero attached hydrogens (tertiary/aromatic N) is 3. The fourth-order valence-electron chi connectivity index (χ4n) is 2.32. The van der Waals surface area contributed by atoms with Crippen LogP contribution in [0.1, 0.15) is 39.4 Å². The van der Waals surface area contributed by atoms with Gasteiger partial charge < -0.3 is 14.7 Å². The van der Waals surface area contributed by atoms with Crippen LogP contribution in [0.3, 0.4) is 0 Å². The third kappa shape index (κ3) is 5.37. The Balaban J connectivity index is 1.87. The van der Waals surface area contributed by atoms with E-state index in [4.69, 9.17) is 4.52 Å². The number of hydrogen-bond acceptors (Lipinski definition) is 4. The van der Waals surface area contributed by atoms with Gasteiger partial charge in [0.25, 0.3) is 0 Å². The van der Waals surface area contributed by atoms with Gasteiger partial charge in [-0.2, -0.15) is 0 Å². The zero-order valence-electron chi connectivity index (χ0n) is 14.8. The Morgan fingerprint density at radius 1 is 1.33 bits per heavy atom. The van der Waals surface area contributed by atoms with Crippen LogP contribution >= 0.6 is 0 Å². The first-order valence-electron chi connectivity index (χ1n) is 8.33. The largest absolute Gasteiger partial charge is 0.359 e. The van der Waals surface area contributed by atoms with Crippen molar-refractivity contribution in [1.82, 2.24) is 20.4 Å². The van der Waals surface area contributed by atoms with Gasteiger partial charge in [-0.3, -0.25) is 4.98 Å². The summed E-state index contributed by atoms with van der Waals surface area (Å²) >= 11 is 0. The predicted molar refractivity (Wildman–Crippen MR) is 93.3 cm³/mol. The molecule has 2 heterocycles. The van der Waals surface area contributed by atoms with Crippen LogP contribution in [0.5, 0.6) is 0 Å². The lowest BCUT2D eigenvalue weighted by molar-refractivity contribution is 0.196. The molecule has 0 aliphatic rings. The molecular formula is C18H26N4O2. The van der Waals surface area contributed by atoms with Crippen LogP contribution in [0.4, 0.5) is 4.79 Å². The molecule has 6 nitrogen and oxygen atoms in total. The molecule has 0 fully saturated rings. The Labute approximate surface area is 143 Å². The molecule has 0 saturated carbocycles. The average Bonchev–Trinajstić information content (AvgIpc) is 3.02. The average molecular weight is 330 g/mol. The van der Waals surface area contributed by atoms with E-state index in [0.717, 1.165) is 24.1 Å². The molecule has 2 aromatic rings. The summed E-state index contributed by atoms with van der Waals surface area (Å²) in [4.78, 5) is 17.9. The molecule has 1 atom stereocenters. The summed E-state index contributed by atoms with van der Waals surface area (Å²) in [6, 6.07) is 5.65. The number of rotatable bonds is 7. The van der Waals surface area contributed by atoms with E-state index in [0.29, 0.717) is 18.2 Å². The van der Waals surface area contributed by atoms with E-state index < -0.39 is 0 Å². The SMILES string of the molecule is CC(C)CCC(C)NC(=O)N(C)Cc1cc(-c2cccnc2)no1. The van der Waals surface area contributed by atoms with Gasteiger partial charge in [-0.05, 0) is 37.8 Å². The maximum absolute atomic E-state index is 12.2. The predicted octanol–water partition coefficient (Wildman–Crippen LogP) is 3.70. The van der Waals surface area contributed by atoms with E-state index in [1.807, 2.05) is 25.1 Å². The molecule has 1 N–H and O–H groups in total. The number of nitrogens with one attached hydrogen (secondary N) is 1. The Morgan fingerprint density at radius 3 is 2.79 bits per heavy atom. The molecule has 0 spiro atoms. The highest BCUT2D eigenvalue weighted by molar-refractivity contribution is 5.74. The van der Waals surface area contributed by atoms with Crippen LogP contribution in [-0.2, 0) is 6.54 Å². The van der Waals surface area contributed by atoms with Crippen LogP contribution in [0.15, 0.2) is 35.1 Å². The topological polar surface area (TPSA) is 71.3 Å². The third-order valence-electron chi connectivity index (χ3n) is 3.80. The van der Waals surface area contributed by atoms with Gasteiger partial charge in [0.2, 0.25) is 0 Å². The number of urea groups is 1. The molecule has 1 unspecified atom stereocenters. The number of carbonyl (C=O) groups is 1. The monoisotopic (exact) mass is 330 g/mol. The first kappa shape index (κ1) is 18.0. The van der Waals surface area contributed by atoms with Crippen molar-refractivity contribution >= 4 is 6.03 Å². The molecule has 2 aromatic heterocycles. The van der Waals surface area contributed by atoms with Crippen molar-refractivity contribution < 1.29 is 9.32 Å². The highest BCUT2D eigenvalue weighted by Crippen LogP contribution is 2.18. The summed E-state index contributed by atoms with van der Waals surface area (Å²) in [5, 5.41) is 7.04. The maximum atomic E-state index is 12.2. The van der Waals surface area contributed by atoms with Gasteiger partial charge in [-0.1, -0.05) is 19.0 Å². The molecule has 130 valence electrons. The third-order valence-corrected chi connectivity index (χ3v) is 3.80. The normalized spacial score (nSPS) is 12.2. The Bertz CT molecular complexity index is 639. The Morgan fingerprint density at radius 2 is 2.12 bits per heavy atom. The van der Waals surface area contributed by atoms with Crippen LogP contribution in [0.25, 0.3) is 11.3 Å². The minimum absolute atomic E-state index is 0.106. The molecule has 0 bridgehead atoms. The molecule has 0 aromatic carbocycles.